The zero-order valence-electron chi connectivity index (χ0n) is 11.6. The lowest BCUT2D eigenvalue weighted by molar-refractivity contribution is -0.384. The van der Waals surface area contributed by atoms with E-state index in [4.69, 9.17) is 4.74 Å². The van der Waals surface area contributed by atoms with Crippen molar-refractivity contribution in [2.75, 3.05) is 17.3 Å². The van der Waals surface area contributed by atoms with E-state index >= 15 is 0 Å². The van der Waals surface area contributed by atoms with E-state index in [0.29, 0.717) is 12.0 Å². The van der Waals surface area contributed by atoms with Crippen LogP contribution in [0.5, 0.6) is 0 Å². The van der Waals surface area contributed by atoms with Crippen molar-refractivity contribution in [1.82, 2.24) is 0 Å². The smallest absolute Gasteiger partial charge is 0.316 e. The van der Waals surface area contributed by atoms with Crippen molar-refractivity contribution in [2.45, 2.75) is 18.3 Å². The van der Waals surface area contributed by atoms with Crippen LogP contribution in [0, 0.1) is 10.1 Å². The van der Waals surface area contributed by atoms with E-state index in [0.717, 1.165) is 0 Å². The maximum Gasteiger partial charge on any atom is 0.316 e. The Morgan fingerprint density at radius 1 is 1.36 bits per heavy atom. The Bertz CT molecular complexity index is 656. The molecule has 1 aliphatic rings. The third kappa shape index (κ3) is 4.99. The van der Waals surface area contributed by atoms with Gasteiger partial charge in [0.05, 0.1) is 22.2 Å². The summed E-state index contributed by atoms with van der Waals surface area (Å²) in [5.74, 6) is -0.0177. The fourth-order valence-electron chi connectivity index (χ4n) is 2.00. The number of nitro benzene ring substituents is 1. The van der Waals surface area contributed by atoms with Gasteiger partial charge in [0.2, 0.25) is 0 Å². The maximum absolute atomic E-state index is 11.6. The van der Waals surface area contributed by atoms with Crippen LogP contribution in [0.15, 0.2) is 24.3 Å². The number of rotatable bonds is 6. The minimum Gasteiger partial charge on any atom is -0.460 e. The summed E-state index contributed by atoms with van der Waals surface area (Å²) in [5, 5.41) is 10.5. The molecular formula is C13H15NO6S2. The van der Waals surface area contributed by atoms with Crippen LogP contribution in [0.1, 0.15) is 12.0 Å². The number of sulfone groups is 1. The summed E-state index contributed by atoms with van der Waals surface area (Å²) in [7, 11) is -2.94. The zero-order valence-corrected chi connectivity index (χ0v) is 13.3. The first-order valence-corrected chi connectivity index (χ1v) is 9.44. The van der Waals surface area contributed by atoms with E-state index in [1.54, 1.807) is 0 Å². The molecule has 0 aromatic heterocycles. The second-order valence-electron chi connectivity index (χ2n) is 4.92. The third-order valence-electron chi connectivity index (χ3n) is 3.17. The monoisotopic (exact) mass is 345 g/mol. The van der Waals surface area contributed by atoms with E-state index in [-0.39, 0.29) is 34.8 Å². The molecular weight excluding hydrogens is 330 g/mol. The van der Waals surface area contributed by atoms with Gasteiger partial charge in [0, 0.05) is 17.4 Å². The van der Waals surface area contributed by atoms with Crippen LogP contribution in [0.25, 0.3) is 0 Å². The highest BCUT2D eigenvalue weighted by Gasteiger charge is 2.28. The van der Waals surface area contributed by atoms with Gasteiger partial charge in [-0.05, 0) is 24.1 Å². The van der Waals surface area contributed by atoms with E-state index in [1.165, 1.54) is 36.0 Å². The standard InChI is InChI=1S/C13H15NO6S2/c15-13(8-21-12-5-6-22(18,19)9-12)20-7-10-1-3-11(4-2-10)14(16)17/h1-4,12H,5-9H2/t12-/m0/s1. The van der Waals surface area contributed by atoms with Gasteiger partial charge in [-0.2, -0.15) is 0 Å². The Labute approximate surface area is 132 Å². The maximum atomic E-state index is 11.6. The van der Waals surface area contributed by atoms with Gasteiger partial charge < -0.3 is 4.74 Å². The third-order valence-corrected chi connectivity index (χ3v) is 6.43. The van der Waals surface area contributed by atoms with Crippen LogP contribution in [0.3, 0.4) is 0 Å². The summed E-state index contributed by atoms with van der Waals surface area (Å²) >= 11 is 1.29. The Morgan fingerprint density at radius 2 is 2.05 bits per heavy atom. The average Bonchev–Trinajstić information content (AvgIpc) is 2.82. The molecule has 0 amide bonds. The lowest BCUT2D eigenvalue weighted by Crippen LogP contribution is -2.12. The van der Waals surface area contributed by atoms with Crippen LogP contribution < -0.4 is 0 Å². The van der Waals surface area contributed by atoms with Gasteiger partial charge in [-0.15, -0.1) is 11.8 Å². The Kier molecular flexibility index (Phi) is 5.41. The fraction of sp³-hybridized carbons (Fsp3) is 0.462. The van der Waals surface area contributed by atoms with Crippen LogP contribution in [0.4, 0.5) is 5.69 Å². The highest BCUT2D eigenvalue weighted by Crippen LogP contribution is 2.24. The number of esters is 1. The summed E-state index contributed by atoms with van der Waals surface area (Å²) in [6.07, 6.45) is 0.572. The molecule has 0 unspecified atom stereocenters. The highest BCUT2D eigenvalue weighted by atomic mass is 32.2. The van der Waals surface area contributed by atoms with Crippen LogP contribution in [-0.2, 0) is 26.0 Å². The fourth-order valence-corrected chi connectivity index (χ4v) is 5.44. The molecule has 22 heavy (non-hydrogen) atoms. The number of nitrogens with zero attached hydrogens (tertiary/aromatic N) is 1. The summed E-state index contributed by atoms with van der Waals surface area (Å²) in [5.41, 5.74) is 0.639. The number of carbonyl (C=O) groups excluding carboxylic acids is 1. The quantitative estimate of drug-likeness (QED) is 0.438. The van der Waals surface area contributed by atoms with Gasteiger partial charge in [0.1, 0.15) is 6.61 Å². The van der Waals surface area contributed by atoms with Crippen molar-refractivity contribution in [1.29, 1.82) is 0 Å². The number of ether oxygens (including phenoxy) is 1. The lowest BCUT2D eigenvalue weighted by atomic mass is 10.2. The first-order chi connectivity index (χ1) is 10.4. The van der Waals surface area contributed by atoms with Gasteiger partial charge in [-0.25, -0.2) is 8.42 Å². The molecule has 1 atom stereocenters. The molecule has 0 bridgehead atoms. The zero-order chi connectivity index (χ0) is 16.2. The predicted octanol–water partition coefficient (Wildman–Crippen LogP) is 1.56. The Hall–Kier alpha value is -1.61. The van der Waals surface area contributed by atoms with E-state index in [9.17, 15) is 23.3 Å². The molecule has 120 valence electrons. The first kappa shape index (κ1) is 16.8. The molecule has 0 spiro atoms. The molecule has 1 aromatic carbocycles. The molecule has 0 saturated carbocycles. The molecule has 9 heteroatoms. The largest absolute Gasteiger partial charge is 0.460 e. The Balaban J connectivity index is 1.72. The molecule has 2 rings (SSSR count). The van der Waals surface area contributed by atoms with Gasteiger partial charge in [0.25, 0.3) is 5.69 Å². The summed E-state index contributed by atoms with van der Waals surface area (Å²) in [6.45, 7) is 0.0420. The number of hydrogen-bond donors (Lipinski definition) is 0. The topological polar surface area (TPSA) is 104 Å². The van der Waals surface area contributed by atoms with E-state index < -0.39 is 20.7 Å². The summed E-state index contributed by atoms with van der Waals surface area (Å²) in [6, 6.07) is 5.76. The summed E-state index contributed by atoms with van der Waals surface area (Å²) in [4.78, 5) is 21.6. The van der Waals surface area contributed by atoms with Gasteiger partial charge in [0.15, 0.2) is 9.84 Å². The number of nitro groups is 1. The SMILES string of the molecule is O=C(CS[C@H]1CCS(=O)(=O)C1)OCc1ccc([N+](=O)[O-])cc1. The second kappa shape index (κ2) is 7.10. The van der Waals surface area contributed by atoms with Crippen molar-refractivity contribution >= 4 is 33.3 Å². The minimum atomic E-state index is -2.94. The van der Waals surface area contributed by atoms with Crippen molar-refractivity contribution in [3.63, 3.8) is 0 Å². The molecule has 1 fully saturated rings. The molecule has 1 aromatic rings. The normalized spacial score (nSPS) is 19.7. The molecule has 1 heterocycles. The predicted molar refractivity (Wildman–Crippen MR) is 82.4 cm³/mol. The number of non-ortho nitro benzene ring substituents is 1. The second-order valence-corrected chi connectivity index (χ2v) is 8.44. The van der Waals surface area contributed by atoms with Crippen LogP contribution in [-0.4, -0.2) is 41.8 Å². The van der Waals surface area contributed by atoms with Crippen molar-refractivity contribution in [3.8, 4) is 0 Å². The van der Waals surface area contributed by atoms with Crippen molar-refractivity contribution in [3.05, 3.63) is 39.9 Å². The van der Waals surface area contributed by atoms with Crippen LogP contribution in [0.2, 0.25) is 0 Å². The molecule has 7 nitrogen and oxygen atoms in total. The minimum absolute atomic E-state index is 0.0203. The average molecular weight is 345 g/mol. The first-order valence-electron chi connectivity index (χ1n) is 6.57. The number of thioether (sulfide) groups is 1. The van der Waals surface area contributed by atoms with Crippen molar-refractivity contribution < 1.29 is 22.9 Å². The Morgan fingerprint density at radius 3 is 2.59 bits per heavy atom. The van der Waals surface area contributed by atoms with E-state index in [1.807, 2.05) is 0 Å². The molecule has 0 N–H and O–H groups in total. The van der Waals surface area contributed by atoms with Gasteiger partial charge in [-0.1, -0.05) is 0 Å². The van der Waals surface area contributed by atoms with Crippen molar-refractivity contribution in [2.24, 2.45) is 0 Å². The number of carbonyl (C=O) groups is 1. The molecule has 0 radical (unpaired) electrons. The van der Waals surface area contributed by atoms with Gasteiger partial charge in [-0.3, -0.25) is 14.9 Å². The molecule has 1 aliphatic heterocycles. The lowest BCUT2D eigenvalue weighted by Gasteiger charge is -2.08. The molecule has 1 saturated heterocycles. The van der Waals surface area contributed by atoms with E-state index in [2.05, 4.69) is 0 Å². The molecule has 0 aliphatic carbocycles. The summed E-state index contributed by atoms with van der Waals surface area (Å²) < 4.78 is 27.6. The number of hydrogen-bond acceptors (Lipinski definition) is 7. The van der Waals surface area contributed by atoms with Gasteiger partial charge >= 0.3 is 5.97 Å². The van der Waals surface area contributed by atoms with Crippen LogP contribution >= 0.6 is 11.8 Å². The number of benzene rings is 1. The highest BCUT2D eigenvalue weighted by molar-refractivity contribution is 8.02.